The molecule has 0 radical (unpaired) electrons. The number of halogens is 1. The largest absolute Gasteiger partial charge is 0.440 e. The van der Waals surface area contributed by atoms with Crippen molar-refractivity contribution in [1.29, 1.82) is 0 Å². The molecule has 2 aliphatic rings. The molecule has 2 aromatic heterocycles. The summed E-state index contributed by atoms with van der Waals surface area (Å²) in [5, 5.41) is 12.6. The topological polar surface area (TPSA) is 106 Å². The zero-order valence-electron chi connectivity index (χ0n) is 14.7. The first-order valence-electron chi connectivity index (χ1n) is 8.97. The van der Waals surface area contributed by atoms with Gasteiger partial charge in [0.15, 0.2) is 11.7 Å². The molecule has 0 aliphatic carbocycles. The lowest BCUT2D eigenvalue weighted by molar-refractivity contribution is -0.00535. The normalized spacial score (nSPS) is 21.1. The van der Waals surface area contributed by atoms with Gasteiger partial charge in [0.05, 0.1) is 23.9 Å². The van der Waals surface area contributed by atoms with Gasteiger partial charge in [-0.15, -0.1) is 0 Å². The number of anilines is 1. The number of aliphatic hydroxyl groups is 1. The first-order valence-corrected chi connectivity index (χ1v) is 9.35. The number of rotatable bonds is 2. The second-order valence-corrected chi connectivity index (χ2v) is 6.95. The summed E-state index contributed by atoms with van der Waals surface area (Å²) >= 11 is 6.11. The molecule has 7 nitrogen and oxygen atoms in total. The standard InChI is InChI=1S/C13H15ClN4O.C5H10O2/c14-10-6-17-12(15)5-9(10)11-7-18-13(19-11)8-1-3-16-4-2-8;6-5-2-1-3-7-4-5/h5-8,16H,1-4H2,(H2,15,17);5-6H,1-4H2. The Morgan fingerprint density at radius 1 is 1.19 bits per heavy atom. The predicted octanol–water partition coefficient (Wildman–Crippen LogP) is 2.60. The summed E-state index contributed by atoms with van der Waals surface area (Å²) in [6, 6.07) is 1.70. The summed E-state index contributed by atoms with van der Waals surface area (Å²) in [5.41, 5.74) is 6.41. The molecule has 0 amide bonds. The number of aromatic nitrogens is 2. The highest BCUT2D eigenvalue weighted by Gasteiger charge is 2.21. The Labute approximate surface area is 157 Å². The van der Waals surface area contributed by atoms with Crippen LogP contribution in [0.2, 0.25) is 5.02 Å². The third kappa shape index (κ3) is 5.17. The maximum atomic E-state index is 8.78. The number of aliphatic hydroxyl groups excluding tert-OH is 1. The first kappa shape index (κ1) is 19.1. The molecule has 4 N–H and O–H groups in total. The van der Waals surface area contributed by atoms with Crippen molar-refractivity contribution in [2.75, 3.05) is 32.0 Å². The summed E-state index contributed by atoms with van der Waals surface area (Å²) in [5.74, 6) is 2.22. The summed E-state index contributed by atoms with van der Waals surface area (Å²) in [7, 11) is 0. The van der Waals surface area contributed by atoms with Crippen molar-refractivity contribution >= 4 is 17.4 Å². The average molecular weight is 381 g/mol. The number of nitrogen functional groups attached to an aromatic ring is 1. The highest BCUT2D eigenvalue weighted by Crippen LogP contribution is 2.32. The molecule has 142 valence electrons. The molecule has 2 aliphatic heterocycles. The number of nitrogens with one attached hydrogen (secondary N) is 1. The monoisotopic (exact) mass is 380 g/mol. The summed E-state index contributed by atoms with van der Waals surface area (Å²) in [6.07, 6.45) is 7.07. The van der Waals surface area contributed by atoms with Crippen LogP contribution in [-0.4, -0.2) is 47.5 Å². The van der Waals surface area contributed by atoms with Crippen molar-refractivity contribution in [1.82, 2.24) is 15.3 Å². The van der Waals surface area contributed by atoms with E-state index in [0.29, 0.717) is 29.1 Å². The van der Waals surface area contributed by atoms with Crippen LogP contribution >= 0.6 is 11.6 Å². The van der Waals surface area contributed by atoms with Gasteiger partial charge in [0, 0.05) is 24.3 Å². The Kier molecular flexibility index (Phi) is 6.85. The molecule has 0 saturated carbocycles. The van der Waals surface area contributed by atoms with E-state index in [4.69, 9.17) is 31.6 Å². The van der Waals surface area contributed by atoms with Crippen LogP contribution in [0.3, 0.4) is 0 Å². The van der Waals surface area contributed by atoms with E-state index in [2.05, 4.69) is 15.3 Å². The van der Waals surface area contributed by atoms with Gasteiger partial charge in [-0.2, -0.15) is 0 Å². The van der Waals surface area contributed by atoms with Crippen LogP contribution in [0.25, 0.3) is 11.3 Å². The van der Waals surface area contributed by atoms with Gasteiger partial charge in [-0.05, 0) is 44.8 Å². The zero-order chi connectivity index (χ0) is 18.4. The quantitative estimate of drug-likeness (QED) is 0.735. The predicted molar refractivity (Wildman–Crippen MR) is 100 cm³/mol. The van der Waals surface area contributed by atoms with Gasteiger partial charge < -0.3 is 25.3 Å². The van der Waals surface area contributed by atoms with Gasteiger partial charge in [-0.1, -0.05) is 11.6 Å². The van der Waals surface area contributed by atoms with Gasteiger partial charge in [-0.3, -0.25) is 0 Å². The zero-order valence-corrected chi connectivity index (χ0v) is 15.4. The van der Waals surface area contributed by atoms with E-state index in [9.17, 15) is 0 Å². The molecule has 4 rings (SSSR count). The van der Waals surface area contributed by atoms with E-state index in [-0.39, 0.29) is 6.10 Å². The van der Waals surface area contributed by atoms with Crippen LogP contribution in [0.15, 0.2) is 22.9 Å². The lowest BCUT2D eigenvalue weighted by Crippen LogP contribution is -2.26. The third-order valence-corrected chi connectivity index (χ3v) is 4.79. The van der Waals surface area contributed by atoms with Crippen LogP contribution in [0.5, 0.6) is 0 Å². The second-order valence-electron chi connectivity index (χ2n) is 6.55. The highest BCUT2D eigenvalue weighted by atomic mass is 35.5. The van der Waals surface area contributed by atoms with Gasteiger partial charge >= 0.3 is 0 Å². The van der Waals surface area contributed by atoms with Crippen LogP contribution in [0, 0.1) is 0 Å². The molecule has 26 heavy (non-hydrogen) atoms. The lowest BCUT2D eigenvalue weighted by atomic mass is 9.98. The fourth-order valence-electron chi connectivity index (χ4n) is 3.04. The van der Waals surface area contributed by atoms with E-state index in [1.165, 1.54) is 6.20 Å². The summed E-state index contributed by atoms with van der Waals surface area (Å²) < 4.78 is 10.8. The minimum absolute atomic E-state index is 0.186. The number of hydrogen-bond acceptors (Lipinski definition) is 7. The average Bonchev–Trinajstić information content (AvgIpc) is 3.16. The number of hydrogen-bond donors (Lipinski definition) is 3. The molecule has 0 aromatic carbocycles. The number of nitrogens with zero attached hydrogens (tertiary/aromatic N) is 2. The smallest absolute Gasteiger partial charge is 0.198 e. The van der Waals surface area contributed by atoms with E-state index >= 15 is 0 Å². The minimum Gasteiger partial charge on any atom is -0.440 e. The van der Waals surface area contributed by atoms with Crippen molar-refractivity contribution in [3.05, 3.63) is 29.4 Å². The fraction of sp³-hybridized carbons (Fsp3) is 0.556. The number of oxazole rings is 1. The fourth-order valence-corrected chi connectivity index (χ4v) is 3.23. The van der Waals surface area contributed by atoms with E-state index in [0.717, 1.165) is 56.8 Å². The Bertz CT molecular complexity index is 697. The maximum Gasteiger partial charge on any atom is 0.198 e. The van der Waals surface area contributed by atoms with Crippen molar-refractivity contribution in [3.63, 3.8) is 0 Å². The molecular formula is C18H25ClN4O3. The highest BCUT2D eigenvalue weighted by molar-refractivity contribution is 6.33. The first-order chi connectivity index (χ1) is 12.6. The molecule has 0 spiro atoms. The van der Waals surface area contributed by atoms with Crippen molar-refractivity contribution in [2.45, 2.75) is 37.7 Å². The number of pyridine rings is 1. The van der Waals surface area contributed by atoms with Crippen LogP contribution < -0.4 is 11.1 Å². The molecule has 2 fully saturated rings. The number of piperidine rings is 1. The van der Waals surface area contributed by atoms with Crippen LogP contribution in [-0.2, 0) is 4.74 Å². The Balaban J connectivity index is 0.000000236. The second kappa shape index (κ2) is 9.32. The van der Waals surface area contributed by atoms with Crippen LogP contribution in [0.1, 0.15) is 37.5 Å². The maximum absolute atomic E-state index is 8.78. The molecular weight excluding hydrogens is 356 g/mol. The molecule has 0 bridgehead atoms. The van der Waals surface area contributed by atoms with Gasteiger partial charge in [0.2, 0.25) is 0 Å². The lowest BCUT2D eigenvalue weighted by Gasteiger charge is -2.19. The van der Waals surface area contributed by atoms with Gasteiger partial charge in [0.25, 0.3) is 0 Å². The number of ether oxygens (including phenoxy) is 1. The Hall–Kier alpha value is -1.67. The summed E-state index contributed by atoms with van der Waals surface area (Å²) in [4.78, 5) is 8.31. The SMILES string of the molecule is Nc1cc(-c2cnc(C3CCNCC3)o2)c(Cl)cn1.OC1CCCOC1. The van der Waals surface area contributed by atoms with Crippen molar-refractivity contribution in [2.24, 2.45) is 0 Å². The molecule has 4 heterocycles. The Morgan fingerprint density at radius 3 is 2.65 bits per heavy atom. The Morgan fingerprint density at radius 2 is 2.00 bits per heavy atom. The van der Waals surface area contributed by atoms with Crippen molar-refractivity contribution < 1.29 is 14.3 Å². The molecule has 1 atom stereocenters. The molecule has 1 unspecified atom stereocenters. The third-order valence-electron chi connectivity index (χ3n) is 4.49. The molecule has 2 aromatic rings. The van der Waals surface area contributed by atoms with Gasteiger partial charge in [-0.25, -0.2) is 9.97 Å². The number of nitrogens with two attached hydrogens (primary N) is 1. The minimum atomic E-state index is -0.186. The van der Waals surface area contributed by atoms with Gasteiger partial charge in [0.1, 0.15) is 5.82 Å². The van der Waals surface area contributed by atoms with E-state index < -0.39 is 0 Å². The summed E-state index contributed by atoms with van der Waals surface area (Å²) in [6.45, 7) is 3.38. The van der Waals surface area contributed by atoms with E-state index in [1.807, 2.05) is 0 Å². The molecule has 8 heteroatoms. The van der Waals surface area contributed by atoms with Crippen molar-refractivity contribution in [3.8, 4) is 11.3 Å². The van der Waals surface area contributed by atoms with Crippen LogP contribution in [0.4, 0.5) is 5.82 Å². The van der Waals surface area contributed by atoms with E-state index in [1.54, 1.807) is 12.3 Å². The molecule has 2 saturated heterocycles.